The third kappa shape index (κ3) is 3.68. The van der Waals surface area contributed by atoms with Crippen LogP contribution >= 0.6 is 0 Å². The lowest BCUT2D eigenvalue weighted by Crippen LogP contribution is -2.23. The van der Waals surface area contributed by atoms with E-state index in [1.54, 1.807) is 0 Å². The average Bonchev–Trinajstić information content (AvgIpc) is 2.02. The van der Waals surface area contributed by atoms with Crippen LogP contribution in [0.15, 0.2) is 0 Å². The Bertz CT molecular complexity index is 134. The van der Waals surface area contributed by atoms with Gasteiger partial charge in [-0.2, -0.15) is 0 Å². The summed E-state index contributed by atoms with van der Waals surface area (Å²) in [6.07, 6.45) is 5.95. The zero-order valence-corrected chi connectivity index (χ0v) is 9.29. The predicted octanol–water partition coefficient (Wildman–Crippen LogP) is 3.22. The molecule has 0 amide bonds. The fraction of sp³-hybridized carbons (Fsp3) is 1.00. The van der Waals surface area contributed by atoms with E-state index in [-0.39, 0.29) is 6.10 Å². The van der Waals surface area contributed by atoms with E-state index < -0.39 is 0 Å². The molecule has 0 aliphatic heterocycles. The first kappa shape index (κ1) is 11.0. The van der Waals surface area contributed by atoms with Crippen molar-refractivity contribution in [1.82, 2.24) is 0 Å². The highest BCUT2D eigenvalue weighted by molar-refractivity contribution is 4.76. The minimum atomic E-state index is -0.0532. The van der Waals surface area contributed by atoms with Gasteiger partial charge < -0.3 is 5.11 Å². The monoisotopic (exact) mass is 184 g/mol. The van der Waals surface area contributed by atoms with Crippen LogP contribution in [0.2, 0.25) is 0 Å². The smallest absolute Gasteiger partial charge is 0.0540 e. The molecule has 78 valence electrons. The Kier molecular flexibility index (Phi) is 4.24. The first-order valence-electron chi connectivity index (χ1n) is 5.79. The summed E-state index contributed by atoms with van der Waals surface area (Å²) in [5.41, 5.74) is 0. The Balaban J connectivity index is 2.32. The van der Waals surface area contributed by atoms with E-state index in [1.165, 1.54) is 19.3 Å². The van der Waals surface area contributed by atoms with E-state index in [1.807, 2.05) is 0 Å². The lowest BCUT2D eigenvalue weighted by Gasteiger charge is -2.32. The largest absolute Gasteiger partial charge is 0.393 e. The molecule has 0 spiro atoms. The van der Waals surface area contributed by atoms with Crippen molar-refractivity contribution in [3.05, 3.63) is 0 Å². The van der Waals surface area contributed by atoms with E-state index in [9.17, 15) is 5.11 Å². The van der Waals surface area contributed by atoms with Gasteiger partial charge in [0.2, 0.25) is 0 Å². The molecule has 0 saturated heterocycles. The topological polar surface area (TPSA) is 20.2 Å². The van der Waals surface area contributed by atoms with Gasteiger partial charge >= 0.3 is 0 Å². The highest BCUT2D eigenvalue weighted by Crippen LogP contribution is 2.35. The summed E-state index contributed by atoms with van der Waals surface area (Å²) in [4.78, 5) is 0. The quantitative estimate of drug-likeness (QED) is 0.714. The highest BCUT2D eigenvalue weighted by atomic mass is 16.3. The summed E-state index contributed by atoms with van der Waals surface area (Å²) in [5.74, 6) is 2.53. The van der Waals surface area contributed by atoms with Crippen LogP contribution in [-0.4, -0.2) is 11.2 Å². The summed E-state index contributed by atoms with van der Waals surface area (Å²) >= 11 is 0. The molecule has 0 bridgehead atoms. The molecule has 1 rings (SSSR count). The first-order valence-corrected chi connectivity index (χ1v) is 5.79. The predicted molar refractivity (Wildman–Crippen MR) is 56.6 cm³/mol. The van der Waals surface area contributed by atoms with E-state index in [0.29, 0.717) is 0 Å². The van der Waals surface area contributed by atoms with Crippen LogP contribution in [0.25, 0.3) is 0 Å². The van der Waals surface area contributed by atoms with Gasteiger partial charge in [-0.1, -0.05) is 20.8 Å². The molecule has 1 nitrogen and oxygen atoms in total. The Hall–Kier alpha value is -0.0400. The van der Waals surface area contributed by atoms with Crippen molar-refractivity contribution < 1.29 is 5.11 Å². The summed E-state index contributed by atoms with van der Waals surface area (Å²) in [7, 11) is 0. The van der Waals surface area contributed by atoms with Crippen LogP contribution in [0.1, 0.15) is 52.9 Å². The zero-order chi connectivity index (χ0) is 9.84. The Labute approximate surface area is 82.5 Å². The van der Waals surface area contributed by atoms with Crippen LogP contribution in [0.3, 0.4) is 0 Å². The number of aliphatic hydroxyl groups excluding tert-OH is 1. The summed E-state index contributed by atoms with van der Waals surface area (Å²) in [6.45, 7) is 6.77. The van der Waals surface area contributed by atoms with Gasteiger partial charge in [0.05, 0.1) is 6.10 Å². The van der Waals surface area contributed by atoms with Gasteiger partial charge in [-0.15, -0.1) is 0 Å². The SMILES string of the molecule is CCC(O)CC1CC(C)CC(C)C1. The van der Waals surface area contributed by atoms with Crippen molar-refractivity contribution in [1.29, 1.82) is 0 Å². The second-order valence-corrected chi connectivity index (χ2v) is 5.08. The maximum absolute atomic E-state index is 9.58. The number of rotatable bonds is 3. The van der Waals surface area contributed by atoms with Crippen molar-refractivity contribution in [2.45, 2.75) is 59.0 Å². The van der Waals surface area contributed by atoms with E-state index in [0.717, 1.165) is 30.6 Å². The van der Waals surface area contributed by atoms with Crippen LogP contribution < -0.4 is 0 Å². The van der Waals surface area contributed by atoms with Crippen LogP contribution in [-0.2, 0) is 0 Å². The number of aliphatic hydroxyl groups is 1. The van der Waals surface area contributed by atoms with Crippen LogP contribution in [0.4, 0.5) is 0 Å². The molecule has 3 unspecified atom stereocenters. The number of hydrogen-bond donors (Lipinski definition) is 1. The van der Waals surface area contributed by atoms with E-state index in [2.05, 4.69) is 20.8 Å². The molecule has 0 radical (unpaired) electrons. The van der Waals surface area contributed by atoms with Crippen LogP contribution in [0.5, 0.6) is 0 Å². The van der Waals surface area contributed by atoms with Crippen LogP contribution in [0, 0.1) is 17.8 Å². The van der Waals surface area contributed by atoms with E-state index >= 15 is 0 Å². The molecular formula is C12H24O. The fourth-order valence-electron chi connectivity index (χ4n) is 2.86. The molecular weight excluding hydrogens is 160 g/mol. The van der Waals surface area contributed by atoms with Gasteiger partial charge in [-0.05, 0) is 49.9 Å². The minimum Gasteiger partial charge on any atom is -0.393 e. The van der Waals surface area contributed by atoms with Crippen molar-refractivity contribution in [2.24, 2.45) is 17.8 Å². The Morgan fingerprint density at radius 2 is 1.69 bits per heavy atom. The van der Waals surface area contributed by atoms with Gasteiger partial charge in [-0.25, -0.2) is 0 Å². The summed E-state index contributed by atoms with van der Waals surface area (Å²) in [6, 6.07) is 0. The highest BCUT2D eigenvalue weighted by Gasteiger charge is 2.24. The molecule has 1 saturated carbocycles. The lowest BCUT2D eigenvalue weighted by atomic mass is 9.74. The van der Waals surface area contributed by atoms with Gasteiger partial charge in [0.25, 0.3) is 0 Å². The number of hydrogen-bond acceptors (Lipinski definition) is 1. The maximum Gasteiger partial charge on any atom is 0.0540 e. The Morgan fingerprint density at radius 3 is 2.15 bits per heavy atom. The van der Waals surface area contributed by atoms with Crippen molar-refractivity contribution in [2.75, 3.05) is 0 Å². The molecule has 0 heterocycles. The van der Waals surface area contributed by atoms with Gasteiger partial charge in [0.1, 0.15) is 0 Å². The standard InChI is InChI=1S/C12H24O/c1-4-12(13)8-11-6-9(2)5-10(3)7-11/h9-13H,4-8H2,1-3H3. The van der Waals surface area contributed by atoms with E-state index in [4.69, 9.17) is 0 Å². The molecule has 1 N–H and O–H groups in total. The fourth-order valence-corrected chi connectivity index (χ4v) is 2.86. The molecule has 0 aromatic heterocycles. The molecule has 0 aromatic rings. The molecule has 1 aliphatic carbocycles. The normalized spacial score (nSPS) is 37.4. The zero-order valence-electron chi connectivity index (χ0n) is 9.29. The third-order valence-electron chi connectivity index (χ3n) is 3.35. The third-order valence-corrected chi connectivity index (χ3v) is 3.35. The molecule has 1 heteroatoms. The van der Waals surface area contributed by atoms with Gasteiger partial charge in [0, 0.05) is 0 Å². The molecule has 1 fully saturated rings. The lowest BCUT2D eigenvalue weighted by molar-refractivity contribution is 0.106. The van der Waals surface area contributed by atoms with Crippen molar-refractivity contribution >= 4 is 0 Å². The molecule has 13 heavy (non-hydrogen) atoms. The van der Waals surface area contributed by atoms with Crippen molar-refractivity contribution in [3.8, 4) is 0 Å². The first-order chi connectivity index (χ1) is 6.11. The second kappa shape index (κ2) is 4.99. The van der Waals surface area contributed by atoms with Gasteiger partial charge in [0.15, 0.2) is 0 Å². The minimum absolute atomic E-state index is 0.0532. The summed E-state index contributed by atoms with van der Waals surface area (Å²) in [5, 5.41) is 9.58. The molecule has 0 aromatic carbocycles. The summed E-state index contributed by atoms with van der Waals surface area (Å²) < 4.78 is 0. The average molecular weight is 184 g/mol. The van der Waals surface area contributed by atoms with Crippen molar-refractivity contribution in [3.63, 3.8) is 0 Å². The van der Waals surface area contributed by atoms with Gasteiger partial charge in [-0.3, -0.25) is 0 Å². The molecule has 3 atom stereocenters. The molecule has 1 aliphatic rings. The maximum atomic E-state index is 9.58. The second-order valence-electron chi connectivity index (χ2n) is 5.08. The Morgan fingerprint density at radius 1 is 1.15 bits per heavy atom.